The number of hydrogen-bond acceptors (Lipinski definition) is 1. The summed E-state index contributed by atoms with van der Waals surface area (Å²) in [6, 6.07) is 3.63. The van der Waals surface area contributed by atoms with E-state index in [4.69, 9.17) is 16.7 Å². The normalized spacial score (nSPS) is 13.6. The van der Waals surface area contributed by atoms with Crippen molar-refractivity contribution in [3.8, 4) is 0 Å². The molecule has 1 N–H and O–H groups in total. The lowest BCUT2D eigenvalue weighted by Crippen LogP contribution is -2.10. The summed E-state index contributed by atoms with van der Waals surface area (Å²) in [4.78, 5) is 10.7. The third kappa shape index (κ3) is 2.70. The minimum Gasteiger partial charge on any atom is -0.481 e. The SMILES string of the molecule is CC(C(=O)O)c1ccc(C(C)(F)F)cc1Cl. The Morgan fingerprint density at radius 3 is 2.44 bits per heavy atom. The molecule has 0 bridgehead atoms. The maximum absolute atomic E-state index is 13.0. The standard InChI is InChI=1S/C11H11ClF2O2/c1-6(10(15)16)8-4-3-7(5-9(8)12)11(2,13)14/h3-6H,1-2H3,(H,15,16). The van der Waals surface area contributed by atoms with E-state index in [0.29, 0.717) is 5.56 Å². The highest BCUT2D eigenvalue weighted by molar-refractivity contribution is 6.31. The van der Waals surface area contributed by atoms with Gasteiger partial charge in [0.15, 0.2) is 0 Å². The molecular weight excluding hydrogens is 238 g/mol. The summed E-state index contributed by atoms with van der Waals surface area (Å²) < 4.78 is 25.9. The van der Waals surface area contributed by atoms with Crippen LogP contribution in [0, 0.1) is 0 Å². The van der Waals surface area contributed by atoms with Gasteiger partial charge in [-0.15, -0.1) is 0 Å². The van der Waals surface area contributed by atoms with Crippen LogP contribution in [0.3, 0.4) is 0 Å². The van der Waals surface area contributed by atoms with Gasteiger partial charge in [0.2, 0.25) is 0 Å². The lowest BCUT2D eigenvalue weighted by atomic mass is 9.98. The molecule has 0 radical (unpaired) electrons. The van der Waals surface area contributed by atoms with Gasteiger partial charge in [-0.1, -0.05) is 23.7 Å². The van der Waals surface area contributed by atoms with Crippen molar-refractivity contribution in [2.75, 3.05) is 0 Å². The molecule has 0 saturated heterocycles. The van der Waals surface area contributed by atoms with E-state index in [2.05, 4.69) is 0 Å². The summed E-state index contributed by atoms with van der Waals surface area (Å²) in [6.45, 7) is 2.21. The summed E-state index contributed by atoms with van der Waals surface area (Å²) in [5, 5.41) is 8.83. The van der Waals surface area contributed by atoms with Crippen LogP contribution in [0.4, 0.5) is 8.78 Å². The molecule has 1 atom stereocenters. The predicted molar refractivity (Wildman–Crippen MR) is 57.1 cm³/mol. The fourth-order valence-electron chi connectivity index (χ4n) is 1.28. The highest BCUT2D eigenvalue weighted by Crippen LogP contribution is 2.32. The Labute approximate surface area is 96.8 Å². The van der Waals surface area contributed by atoms with Crippen molar-refractivity contribution < 1.29 is 18.7 Å². The second-order valence-electron chi connectivity index (χ2n) is 3.68. The zero-order valence-electron chi connectivity index (χ0n) is 8.80. The first-order valence-corrected chi connectivity index (χ1v) is 5.02. The third-order valence-corrected chi connectivity index (χ3v) is 2.67. The quantitative estimate of drug-likeness (QED) is 0.887. The number of halogens is 3. The second-order valence-corrected chi connectivity index (χ2v) is 4.09. The van der Waals surface area contributed by atoms with E-state index in [1.54, 1.807) is 0 Å². The maximum Gasteiger partial charge on any atom is 0.310 e. The monoisotopic (exact) mass is 248 g/mol. The van der Waals surface area contributed by atoms with E-state index >= 15 is 0 Å². The van der Waals surface area contributed by atoms with Crippen LogP contribution in [-0.2, 0) is 10.7 Å². The molecule has 1 unspecified atom stereocenters. The highest BCUT2D eigenvalue weighted by atomic mass is 35.5. The summed E-state index contributed by atoms with van der Waals surface area (Å²) >= 11 is 5.78. The van der Waals surface area contributed by atoms with E-state index in [1.165, 1.54) is 19.1 Å². The molecule has 88 valence electrons. The highest BCUT2D eigenvalue weighted by Gasteiger charge is 2.26. The predicted octanol–water partition coefficient (Wildman–Crippen LogP) is 3.64. The Morgan fingerprint density at radius 1 is 1.50 bits per heavy atom. The van der Waals surface area contributed by atoms with Gasteiger partial charge in [-0.3, -0.25) is 4.79 Å². The van der Waals surface area contributed by atoms with Crippen molar-refractivity contribution in [3.63, 3.8) is 0 Å². The molecule has 0 saturated carbocycles. The minimum absolute atomic E-state index is 0.0499. The largest absolute Gasteiger partial charge is 0.481 e. The number of hydrogen-bond donors (Lipinski definition) is 1. The average molecular weight is 249 g/mol. The van der Waals surface area contributed by atoms with Crippen LogP contribution in [0.15, 0.2) is 18.2 Å². The smallest absolute Gasteiger partial charge is 0.310 e. The molecule has 0 amide bonds. The van der Waals surface area contributed by atoms with Gasteiger partial charge in [-0.25, -0.2) is 8.78 Å². The van der Waals surface area contributed by atoms with Gasteiger partial charge in [0, 0.05) is 17.5 Å². The van der Waals surface area contributed by atoms with Crippen molar-refractivity contribution in [1.82, 2.24) is 0 Å². The van der Waals surface area contributed by atoms with Gasteiger partial charge in [0.1, 0.15) is 0 Å². The molecule has 0 aliphatic carbocycles. The summed E-state index contributed by atoms with van der Waals surface area (Å²) in [5.74, 6) is -4.83. The van der Waals surface area contributed by atoms with E-state index in [0.717, 1.165) is 13.0 Å². The van der Waals surface area contributed by atoms with Crippen LogP contribution >= 0.6 is 11.6 Å². The molecule has 1 aromatic carbocycles. The number of carboxylic acid groups (broad SMARTS) is 1. The molecule has 0 spiro atoms. The summed E-state index contributed by atoms with van der Waals surface area (Å²) in [7, 11) is 0. The van der Waals surface area contributed by atoms with Crippen molar-refractivity contribution in [2.45, 2.75) is 25.7 Å². The lowest BCUT2D eigenvalue weighted by molar-refractivity contribution is -0.138. The van der Waals surface area contributed by atoms with Crippen molar-refractivity contribution in [2.24, 2.45) is 0 Å². The Balaban J connectivity index is 3.15. The van der Waals surface area contributed by atoms with Gasteiger partial charge in [-0.2, -0.15) is 0 Å². The summed E-state index contributed by atoms with van der Waals surface area (Å²) in [5.41, 5.74) is 0.112. The zero-order chi connectivity index (χ0) is 12.5. The number of alkyl halides is 2. The molecule has 0 fully saturated rings. The van der Waals surface area contributed by atoms with Gasteiger partial charge in [0.05, 0.1) is 5.92 Å². The maximum atomic E-state index is 13.0. The Morgan fingerprint density at radius 2 is 2.06 bits per heavy atom. The first kappa shape index (κ1) is 12.9. The minimum atomic E-state index is -2.98. The van der Waals surface area contributed by atoms with Gasteiger partial charge in [-0.05, 0) is 18.6 Å². The molecule has 16 heavy (non-hydrogen) atoms. The van der Waals surface area contributed by atoms with Crippen molar-refractivity contribution >= 4 is 17.6 Å². The molecule has 0 aliphatic rings. The number of rotatable bonds is 3. The van der Waals surface area contributed by atoms with Crippen LogP contribution < -0.4 is 0 Å². The van der Waals surface area contributed by atoms with E-state index in [9.17, 15) is 13.6 Å². The molecule has 0 aliphatic heterocycles. The first-order chi connectivity index (χ1) is 7.23. The van der Waals surface area contributed by atoms with Crippen LogP contribution in [0.25, 0.3) is 0 Å². The van der Waals surface area contributed by atoms with Crippen LogP contribution in [-0.4, -0.2) is 11.1 Å². The van der Waals surface area contributed by atoms with Crippen LogP contribution in [0.2, 0.25) is 5.02 Å². The molecule has 2 nitrogen and oxygen atoms in total. The molecule has 0 heterocycles. The van der Waals surface area contributed by atoms with E-state index in [-0.39, 0.29) is 10.6 Å². The van der Waals surface area contributed by atoms with Gasteiger partial charge in [0.25, 0.3) is 5.92 Å². The molecular formula is C11H11ClF2O2. The molecule has 1 aromatic rings. The van der Waals surface area contributed by atoms with Crippen LogP contribution in [0.1, 0.15) is 30.9 Å². The van der Waals surface area contributed by atoms with Crippen LogP contribution in [0.5, 0.6) is 0 Å². The van der Waals surface area contributed by atoms with Gasteiger partial charge >= 0.3 is 5.97 Å². The molecule has 0 aromatic heterocycles. The number of benzene rings is 1. The Bertz CT molecular complexity index is 413. The van der Waals surface area contributed by atoms with E-state index < -0.39 is 17.8 Å². The average Bonchev–Trinajstić information content (AvgIpc) is 2.15. The zero-order valence-corrected chi connectivity index (χ0v) is 9.55. The van der Waals surface area contributed by atoms with Crippen molar-refractivity contribution in [3.05, 3.63) is 34.3 Å². The number of carbonyl (C=O) groups is 1. The number of aliphatic carboxylic acids is 1. The molecule has 1 rings (SSSR count). The number of carboxylic acids is 1. The van der Waals surface area contributed by atoms with E-state index in [1.807, 2.05) is 0 Å². The fraction of sp³-hybridized carbons (Fsp3) is 0.364. The van der Waals surface area contributed by atoms with Crippen molar-refractivity contribution in [1.29, 1.82) is 0 Å². The van der Waals surface area contributed by atoms with Gasteiger partial charge < -0.3 is 5.11 Å². The first-order valence-electron chi connectivity index (χ1n) is 4.64. The third-order valence-electron chi connectivity index (χ3n) is 2.34. The summed E-state index contributed by atoms with van der Waals surface area (Å²) in [6.07, 6.45) is 0. The second kappa shape index (κ2) is 4.37. The lowest BCUT2D eigenvalue weighted by Gasteiger charge is -2.14. The fourth-order valence-corrected chi connectivity index (χ4v) is 1.63. The topological polar surface area (TPSA) is 37.3 Å². The molecule has 5 heteroatoms. The Hall–Kier alpha value is -1.16. The Kier molecular flexibility index (Phi) is 3.53.